The zero-order valence-corrected chi connectivity index (χ0v) is 18.3. The van der Waals surface area contributed by atoms with Gasteiger partial charge >= 0.3 is 12.1 Å². The van der Waals surface area contributed by atoms with Gasteiger partial charge in [0.15, 0.2) is 0 Å². The number of benzene rings is 2. The minimum atomic E-state index is -0.900. The fraction of sp³-hybridized carbons (Fsp3) is 0.269. The molecule has 2 aliphatic carbocycles. The molecule has 0 heterocycles. The monoisotopic (exact) mass is 446 g/mol. The van der Waals surface area contributed by atoms with E-state index in [1.54, 1.807) is 25.2 Å². The molecule has 4 rings (SSSR count). The number of hydrogen-bond acceptors (Lipinski definition) is 4. The highest BCUT2D eigenvalue weighted by Crippen LogP contribution is 2.44. The molecule has 33 heavy (non-hydrogen) atoms. The number of nitrogens with one attached hydrogen (secondary N) is 2. The van der Waals surface area contributed by atoms with Crippen molar-refractivity contribution >= 4 is 18.0 Å². The van der Waals surface area contributed by atoms with Crippen molar-refractivity contribution < 1.29 is 24.2 Å². The van der Waals surface area contributed by atoms with Crippen LogP contribution in [-0.4, -0.2) is 42.3 Å². The summed E-state index contributed by atoms with van der Waals surface area (Å²) in [4.78, 5) is 35.5. The van der Waals surface area contributed by atoms with Crippen molar-refractivity contribution in [1.29, 1.82) is 0 Å². The van der Waals surface area contributed by atoms with E-state index in [4.69, 9.17) is 9.84 Å². The lowest BCUT2D eigenvalue weighted by Crippen LogP contribution is -2.34. The first kappa shape index (κ1) is 22.3. The van der Waals surface area contributed by atoms with Gasteiger partial charge in [0.05, 0.1) is 5.92 Å². The number of carboxylic acid groups (broad SMARTS) is 1. The lowest BCUT2D eigenvalue weighted by molar-refractivity contribution is -0.140. The van der Waals surface area contributed by atoms with E-state index in [9.17, 15) is 14.4 Å². The van der Waals surface area contributed by atoms with Gasteiger partial charge in [-0.3, -0.25) is 9.59 Å². The Morgan fingerprint density at radius 3 is 2.27 bits per heavy atom. The molecule has 7 nitrogen and oxygen atoms in total. The molecule has 0 aromatic heterocycles. The molecule has 2 aromatic rings. The number of ether oxygens (including phenoxy) is 1. The van der Waals surface area contributed by atoms with E-state index in [1.165, 1.54) is 11.1 Å². The van der Waals surface area contributed by atoms with E-state index < -0.39 is 18.0 Å². The van der Waals surface area contributed by atoms with Gasteiger partial charge in [-0.2, -0.15) is 0 Å². The minimum Gasteiger partial charge on any atom is -0.481 e. The average Bonchev–Trinajstić information content (AvgIpc) is 3.40. The quantitative estimate of drug-likeness (QED) is 0.445. The molecule has 0 radical (unpaired) electrons. The molecule has 170 valence electrons. The van der Waals surface area contributed by atoms with E-state index >= 15 is 0 Å². The Kier molecular flexibility index (Phi) is 6.58. The fourth-order valence-corrected chi connectivity index (χ4v) is 4.30. The normalized spacial score (nSPS) is 19.0. The van der Waals surface area contributed by atoms with Crippen molar-refractivity contribution in [3.8, 4) is 11.1 Å². The summed E-state index contributed by atoms with van der Waals surface area (Å²) in [5, 5.41) is 14.5. The lowest BCUT2D eigenvalue weighted by Gasteiger charge is -2.14. The van der Waals surface area contributed by atoms with Gasteiger partial charge in [-0.25, -0.2) is 4.79 Å². The van der Waals surface area contributed by atoms with Crippen LogP contribution in [0.25, 0.3) is 11.1 Å². The summed E-state index contributed by atoms with van der Waals surface area (Å²) in [5.74, 6) is -1.79. The molecule has 2 unspecified atom stereocenters. The molecule has 0 saturated carbocycles. The molecule has 0 saturated heterocycles. The number of alkyl carbamates (subject to hydrolysis) is 1. The first-order chi connectivity index (χ1) is 15.9. The Balaban J connectivity index is 1.25. The number of amides is 2. The third kappa shape index (κ3) is 4.98. The molecule has 2 aromatic carbocycles. The first-order valence-electron chi connectivity index (χ1n) is 10.9. The van der Waals surface area contributed by atoms with E-state index in [-0.39, 0.29) is 31.0 Å². The Morgan fingerprint density at radius 2 is 1.67 bits per heavy atom. The number of carbonyl (C=O) groups excluding carboxylic acids is 2. The molecule has 0 spiro atoms. The maximum absolute atomic E-state index is 12.3. The predicted molar refractivity (Wildman–Crippen MR) is 124 cm³/mol. The van der Waals surface area contributed by atoms with Gasteiger partial charge in [0.25, 0.3) is 0 Å². The van der Waals surface area contributed by atoms with E-state index in [2.05, 4.69) is 34.9 Å². The molecular formula is C26H26N2O5. The molecular weight excluding hydrogens is 420 g/mol. The van der Waals surface area contributed by atoms with Crippen LogP contribution in [-0.2, 0) is 14.3 Å². The third-order valence-corrected chi connectivity index (χ3v) is 6.07. The molecule has 3 N–H and O–H groups in total. The molecule has 0 bridgehead atoms. The average molecular weight is 447 g/mol. The van der Waals surface area contributed by atoms with Crippen molar-refractivity contribution in [3.63, 3.8) is 0 Å². The zero-order valence-electron chi connectivity index (χ0n) is 18.3. The molecule has 2 atom stereocenters. The summed E-state index contributed by atoms with van der Waals surface area (Å²) in [6.07, 6.45) is 4.67. The maximum atomic E-state index is 12.3. The highest BCUT2D eigenvalue weighted by molar-refractivity contribution is 5.93. The van der Waals surface area contributed by atoms with Crippen molar-refractivity contribution in [2.45, 2.75) is 25.3 Å². The van der Waals surface area contributed by atoms with Gasteiger partial charge in [0, 0.05) is 24.1 Å². The fourth-order valence-electron chi connectivity index (χ4n) is 4.30. The van der Waals surface area contributed by atoms with Gasteiger partial charge < -0.3 is 20.5 Å². The topological polar surface area (TPSA) is 105 Å². The number of hydrogen-bond donors (Lipinski definition) is 3. The SMILES string of the molecule is C/C(=C\CNC(=O)OCC1c2ccccc2-c2ccccc21)C(=O)NC1C=CC(C(=O)O)C1. The highest BCUT2D eigenvalue weighted by atomic mass is 16.5. The lowest BCUT2D eigenvalue weighted by atomic mass is 9.98. The van der Waals surface area contributed by atoms with Crippen LogP contribution in [0.5, 0.6) is 0 Å². The smallest absolute Gasteiger partial charge is 0.407 e. The maximum Gasteiger partial charge on any atom is 0.407 e. The summed E-state index contributed by atoms with van der Waals surface area (Å²) in [6.45, 7) is 2.01. The summed E-state index contributed by atoms with van der Waals surface area (Å²) in [6, 6.07) is 15.9. The zero-order chi connectivity index (χ0) is 23.4. The van der Waals surface area contributed by atoms with Crippen LogP contribution >= 0.6 is 0 Å². The Hall–Kier alpha value is -3.87. The van der Waals surface area contributed by atoms with Crippen LogP contribution in [0, 0.1) is 5.92 Å². The van der Waals surface area contributed by atoms with Gasteiger partial charge in [-0.15, -0.1) is 0 Å². The Bertz CT molecular complexity index is 1090. The first-order valence-corrected chi connectivity index (χ1v) is 10.9. The summed E-state index contributed by atoms with van der Waals surface area (Å²) in [7, 11) is 0. The van der Waals surface area contributed by atoms with Crippen LogP contribution < -0.4 is 10.6 Å². The minimum absolute atomic E-state index is 0.0136. The Labute approximate surface area is 192 Å². The van der Waals surface area contributed by atoms with Crippen molar-refractivity contribution in [1.82, 2.24) is 10.6 Å². The third-order valence-electron chi connectivity index (χ3n) is 6.07. The van der Waals surface area contributed by atoms with Gasteiger partial charge in [-0.1, -0.05) is 66.8 Å². The molecule has 0 aliphatic heterocycles. The van der Waals surface area contributed by atoms with Crippen molar-refractivity contribution in [3.05, 3.63) is 83.5 Å². The number of carbonyl (C=O) groups is 3. The molecule has 2 amide bonds. The van der Waals surface area contributed by atoms with Crippen molar-refractivity contribution in [2.24, 2.45) is 5.92 Å². The summed E-state index contributed by atoms with van der Waals surface area (Å²) in [5.41, 5.74) is 5.05. The van der Waals surface area contributed by atoms with Gasteiger partial charge in [0.1, 0.15) is 6.61 Å². The molecule has 7 heteroatoms. The van der Waals surface area contributed by atoms with Crippen molar-refractivity contribution in [2.75, 3.05) is 13.2 Å². The van der Waals surface area contributed by atoms with E-state index in [0.29, 0.717) is 12.0 Å². The number of carboxylic acids is 1. The van der Waals surface area contributed by atoms with E-state index in [1.807, 2.05) is 24.3 Å². The predicted octanol–water partition coefficient (Wildman–Crippen LogP) is 3.62. The standard InChI is InChI=1S/C26H26N2O5/c1-16(24(29)28-18-11-10-17(14-18)25(30)31)12-13-27-26(32)33-15-23-21-8-4-2-6-19(21)20-7-3-5-9-22(20)23/h2-12,17-18,23H,13-15H2,1H3,(H,27,32)(H,28,29)(H,30,31)/b16-12+. The highest BCUT2D eigenvalue weighted by Gasteiger charge is 2.29. The van der Waals surface area contributed by atoms with Crippen LogP contribution in [0.1, 0.15) is 30.4 Å². The number of aliphatic carboxylic acids is 1. The van der Waals surface area contributed by atoms with Gasteiger partial charge in [0.2, 0.25) is 5.91 Å². The molecule has 2 aliphatic rings. The number of fused-ring (bicyclic) bond motifs is 3. The van der Waals surface area contributed by atoms with Crippen LogP contribution in [0.15, 0.2) is 72.3 Å². The van der Waals surface area contributed by atoms with E-state index in [0.717, 1.165) is 11.1 Å². The van der Waals surface area contributed by atoms with Crippen LogP contribution in [0.4, 0.5) is 4.79 Å². The second-order valence-electron chi connectivity index (χ2n) is 8.24. The second-order valence-corrected chi connectivity index (χ2v) is 8.24. The Morgan fingerprint density at radius 1 is 1.03 bits per heavy atom. The number of rotatable bonds is 7. The second kappa shape index (κ2) is 9.73. The summed E-state index contributed by atoms with van der Waals surface area (Å²) >= 11 is 0. The molecule has 0 fully saturated rings. The van der Waals surface area contributed by atoms with Gasteiger partial charge in [-0.05, 0) is 35.6 Å². The van der Waals surface area contributed by atoms with Crippen LogP contribution in [0.2, 0.25) is 0 Å². The largest absolute Gasteiger partial charge is 0.481 e. The summed E-state index contributed by atoms with van der Waals surface area (Å²) < 4.78 is 5.48. The van der Waals surface area contributed by atoms with Crippen LogP contribution in [0.3, 0.4) is 0 Å².